The molecule has 1 aliphatic carbocycles. The zero-order valence-corrected chi connectivity index (χ0v) is 11.6. The molecule has 0 aliphatic heterocycles. The number of rotatable bonds is 4. The predicted octanol–water partition coefficient (Wildman–Crippen LogP) is 4.44. The maximum Gasteiger partial charge on any atom is 0.0790 e. The van der Waals surface area contributed by atoms with Gasteiger partial charge < -0.3 is 5.11 Å². The van der Waals surface area contributed by atoms with E-state index in [2.05, 4.69) is 31.9 Å². The fraction of sp³-hybridized carbons (Fsp3) is 0.500. The monoisotopic (exact) mass is 332 g/mol. The van der Waals surface area contributed by atoms with Crippen molar-refractivity contribution in [3.05, 3.63) is 32.7 Å². The van der Waals surface area contributed by atoms with E-state index in [9.17, 15) is 5.11 Å². The normalized spacial score (nSPS) is 17.8. The van der Waals surface area contributed by atoms with Crippen molar-refractivity contribution in [2.75, 3.05) is 0 Å². The molecule has 1 aliphatic rings. The minimum Gasteiger partial charge on any atom is -0.388 e. The van der Waals surface area contributed by atoms with Crippen molar-refractivity contribution in [2.45, 2.75) is 31.8 Å². The van der Waals surface area contributed by atoms with E-state index in [4.69, 9.17) is 0 Å². The lowest BCUT2D eigenvalue weighted by molar-refractivity contribution is 0.162. The molecule has 1 N–H and O–H groups in total. The van der Waals surface area contributed by atoms with Crippen LogP contribution < -0.4 is 0 Å². The third-order valence-corrected chi connectivity index (χ3v) is 4.75. The quantitative estimate of drug-likeness (QED) is 0.863. The largest absolute Gasteiger partial charge is 0.388 e. The Morgan fingerprint density at radius 3 is 2.60 bits per heavy atom. The van der Waals surface area contributed by atoms with Crippen molar-refractivity contribution in [1.29, 1.82) is 0 Å². The molecular weight excluding hydrogens is 320 g/mol. The highest BCUT2D eigenvalue weighted by Gasteiger charge is 2.22. The van der Waals surface area contributed by atoms with Gasteiger partial charge in [-0.05, 0) is 68.3 Å². The lowest BCUT2D eigenvalue weighted by Crippen LogP contribution is -1.98. The Morgan fingerprint density at radius 2 is 2.00 bits per heavy atom. The van der Waals surface area contributed by atoms with Gasteiger partial charge in [-0.25, -0.2) is 0 Å². The van der Waals surface area contributed by atoms with Crippen LogP contribution >= 0.6 is 31.9 Å². The highest BCUT2D eigenvalue weighted by Crippen LogP contribution is 2.36. The first-order valence-corrected chi connectivity index (χ1v) is 6.88. The number of hydrogen-bond acceptors (Lipinski definition) is 1. The minimum atomic E-state index is -0.310. The third kappa shape index (κ3) is 3.30. The summed E-state index contributed by atoms with van der Waals surface area (Å²) in [7, 11) is 0. The van der Waals surface area contributed by atoms with Gasteiger partial charge in [0.25, 0.3) is 0 Å². The van der Waals surface area contributed by atoms with Gasteiger partial charge in [0.2, 0.25) is 0 Å². The SMILES string of the molecule is OC(CCC1CC1)c1ccc(Br)c(Br)c1. The molecule has 1 aromatic carbocycles. The maximum absolute atomic E-state index is 9.98. The van der Waals surface area contributed by atoms with E-state index in [1.165, 1.54) is 12.8 Å². The van der Waals surface area contributed by atoms with Crippen molar-refractivity contribution in [1.82, 2.24) is 0 Å². The van der Waals surface area contributed by atoms with Crippen LogP contribution in [0.2, 0.25) is 0 Å². The van der Waals surface area contributed by atoms with Crippen LogP contribution in [-0.4, -0.2) is 5.11 Å². The summed E-state index contributed by atoms with van der Waals surface area (Å²) >= 11 is 6.87. The summed E-state index contributed by atoms with van der Waals surface area (Å²) in [6.07, 6.45) is 4.45. The van der Waals surface area contributed by atoms with Gasteiger partial charge in [-0.2, -0.15) is 0 Å². The Hall–Kier alpha value is 0.140. The fourth-order valence-electron chi connectivity index (χ4n) is 1.69. The van der Waals surface area contributed by atoms with E-state index in [1.807, 2.05) is 18.2 Å². The molecule has 1 saturated carbocycles. The summed E-state index contributed by atoms with van der Waals surface area (Å²) in [5.41, 5.74) is 1.01. The Kier molecular flexibility index (Phi) is 3.86. The van der Waals surface area contributed by atoms with Crippen molar-refractivity contribution < 1.29 is 5.11 Å². The van der Waals surface area contributed by atoms with Gasteiger partial charge >= 0.3 is 0 Å². The third-order valence-electron chi connectivity index (χ3n) is 2.87. The van der Waals surface area contributed by atoms with Crippen molar-refractivity contribution in [2.24, 2.45) is 5.92 Å². The minimum absolute atomic E-state index is 0.310. The van der Waals surface area contributed by atoms with Crippen LogP contribution in [0.3, 0.4) is 0 Å². The molecule has 3 heteroatoms. The molecule has 0 saturated heterocycles. The molecule has 0 bridgehead atoms. The summed E-state index contributed by atoms with van der Waals surface area (Å²) in [4.78, 5) is 0. The summed E-state index contributed by atoms with van der Waals surface area (Å²) < 4.78 is 2.03. The first kappa shape index (κ1) is 11.6. The van der Waals surface area contributed by atoms with Gasteiger partial charge in [0.15, 0.2) is 0 Å². The zero-order chi connectivity index (χ0) is 10.8. The van der Waals surface area contributed by atoms with Crippen molar-refractivity contribution in [3.63, 3.8) is 0 Å². The van der Waals surface area contributed by atoms with Crippen LogP contribution in [0.1, 0.15) is 37.4 Å². The molecule has 0 radical (unpaired) electrons. The molecule has 0 amide bonds. The number of aliphatic hydroxyl groups is 1. The van der Waals surface area contributed by atoms with Crippen LogP contribution in [0.5, 0.6) is 0 Å². The van der Waals surface area contributed by atoms with E-state index >= 15 is 0 Å². The van der Waals surface area contributed by atoms with E-state index in [0.29, 0.717) is 0 Å². The number of hydrogen-bond donors (Lipinski definition) is 1. The van der Waals surface area contributed by atoms with Gasteiger partial charge in [-0.15, -0.1) is 0 Å². The van der Waals surface area contributed by atoms with Gasteiger partial charge in [0, 0.05) is 8.95 Å². The van der Waals surface area contributed by atoms with Crippen LogP contribution in [0.15, 0.2) is 27.1 Å². The fourth-order valence-corrected chi connectivity index (χ4v) is 2.33. The molecule has 1 atom stereocenters. The lowest BCUT2D eigenvalue weighted by Gasteiger charge is -2.11. The topological polar surface area (TPSA) is 20.2 Å². The molecule has 1 nitrogen and oxygen atoms in total. The maximum atomic E-state index is 9.98. The molecule has 82 valence electrons. The second kappa shape index (κ2) is 4.98. The van der Waals surface area contributed by atoms with E-state index in [-0.39, 0.29) is 6.10 Å². The number of halogens is 2. The zero-order valence-electron chi connectivity index (χ0n) is 8.42. The van der Waals surface area contributed by atoms with E-state index in [1.54, 1.807) is 0 Å². The summed E-state index contributed by atoms with van der Waals surface area (Å²) in [5, 5.41) is 9.98. The second-order valence-electron chi connectivity index (χ2n) is 4.21. The van der Waals surface area contributed by atoms with E-state index < -0.39 is 0 Å². The van der Waals surface area contributed by atoms with Crippen LogP contribution in [0.4, 0.5) is 0 Å². The number of aliphatic hydroxyl groups excluding tert-OH is 1. The molecule has 1 aromatic rings. The molecular formula is C12H14Br2O. The standard InChI is InChI=1S/C12H14Br2O/c13-10-5-4-9(7-11(10)14)12(15)6-3-8-1-2-8/h4-5,7-8,12,15H,1-3,6H2. The summed E-state index contributed by atoms with van der Waals surface area (Å²) in [6.45, 7) is 0. The molecule has 15 heavy (non-hydrogen) atoms. The average Bonchev–Trinajstić information content (AvgIpc) is 3.02. The lowest BCUT2D eigenvalue weighted by atomic mass is 10.0. The number of benzene rings is 1. The first-order chi connectivity index (χ1) is 7.16. The average molecular weight is 334 g/mol. The van der Waals surface area contributed by atoms with Gasteiger partial charge in [0.05, 0.1) is 6.10 Å². The summed E-state index contributed by atoms with van der Waals surface area (Å²) in [6, 6.07) is 5.94. The first-order valence-electron chi connectivity index (χ1n) is 5.30. The van der Waals surface area contributed by atoms with Crippen molar-refractivity contribution >= 4 is 31.9 Å². The Morgan fingerprint density at radius 1 is 1.27 bits per heavy atom. The van der Waals surface area contributed by atoms with Gasteiger partial charge in [-0.1, -0.05) is 18.9 Å². The predicted molar refractivity (Wildman–Crippen MR) is 68.8 cm³/mol. The molecule has 1 fully saturated rings. The Bertz CT molecular complexity index is 347. The van der Waals surface area contributed by atoms with E-state index in [0.717, 1.165) is 33.3 Å². The molecule has 2 rings (SSSR count). The molecule has 1 unspecified atom stereocenters. The highest BCUT2D eigenvalue weighted by molar-refractivity contribution is 9.13. The van der Waals surface area contributed by atoms with Crippen LogP contribution in [0, 0.1) is 5.92 Å². The van der Waals surface area contributed by atoms with Gasteiger partial charge in [-0.3, -0.25) is 0 Å². The Labute approximate surface area is 107 Å². The smallest absolute Gasteiger partial charge is 0.0790 e. The molecule has 0 heterocycles. The Balaban J connectivity index is 1.97. The van der Waals surface area contributed by atoms with Crippen LogP contribution in [-0.2, 0) is 0 Å². The highest BCUT2D eigenvalue weighted by atomic mass is 79.9. The van der Waals surface area contributed by atoms with Crippen LogP contribution in [0.25, 0.3) is 0 Å². The van der Waals surface area contributed by atoms with Gasteiger partial charge in [0.1, 0.15) is 0 Å². The molecule has 0 spiro atoms. The second-order valence-corrected chi connectivity index (χ2v) is 5.92. The molecule has 0 aromatic heterocycles. The summed E-state index contributed by atoms with van der Waals surface area (Å²) in [5.74, 6) is 0.888. The van der Waals surface area contributed by atoms with Crippen molar-refractivity contribution in [3.8, 4) is 0 Å².